The highest BCUT2D eigenvalue weighted by Gasteiger charge is 2.46. The van der Waals surface area contributed by atoms with Gasteiger partial charge in [-0.1, -0.05) is 0 Å². The highest BCUT2D eigenvalue weighted by atomic mass is 19.4. The monoisotopic (exact) mass is 587 g/mol. The molecular formula is C25H27F6N7O3. The van der Waals surface area contributed by atoms with Crippen LogP contribution in [0.25, 0.3) is 0 Å². The first-order valence-electron chi connectivity index (χ1n) is 13.2. The minimum atomic E-state index is -4.89. The Labute approximate surface area is 229 Å². The van der Waals surface area contributed by atoms with E-state index in [1.54, 1.807) is 9.80 Å². The van der Waals surface area contributed by atoms with E-state index in [0.29, 0.717) is 51.2 Å². The van der Waals surface area contributed by atoms with E-state index in [4.69, 9.17) is 0 Å². The summed E-state index contributed by atoms with van der Waals surface area (Å²) in [4.78, 5) is 50.7. The van der Waals surface area contributed by atoms with Crippen molar-refractivity contribution in [2.45, 2.75) is 50.5 Å². The van der Waals surface area contributed by atoms with Gasteiger partial charge in [-0.05, 0) is 25.7 Å². The molecule has 3 fully saturated rings. The zero-order chi connectivity index (χ0) is 29.5. The quantitative estimate of drug-likeness (QED) is 0.532. The van der Waals surface area contributed by atoms with Gasteiger partial charge >= 0.3 is 12.4 Å². The van der Waals surface area contributed by atoms with Crippen molar-refractivity contribution in [2.24, 2.45) is 11.8 Å². The molecule has 2 saturated heterocycles. The van der Waals surface area contributed by atoms with E-state index in [1.165, 1.54) is 4.90 Å². The number of alkyl halides is 6. The number of aromatic nitrogens is 4. The number of halogens is 6. The number of nitrogens with one attached hydrogen (secondary N) is 1. The molecule has 4 heterocycles. The standard InChI is InChI=1S/C25H27F6N7O3/c26-24(27,28)15-11-32-23(33-12-15)37-8-6-36(7-9-37)19(39)10-14-3-4-16(21(14)40)17-2-1-5-38(17)18-13-34-35-22(41)20(18)25(29,30)31/h11-14,16-17H,1-10H2,(H,35,41)/t14-,16-,17+/m1/s1. The summed E-state index contributed by atoms with van der Waals surface area (Å²) in [7, 11) is 0. The maximum absolute atomic E-state index is 13.7. The molecule has 0 bridgehead atoms. The van der Waals surface area contributed by atoms with Gasteiger partial charge in [0, 0.05) is 69.4 Å². The Kier molecular flexibility index (Phi) is 7.68. The first-order chi connectivity index (χ1) is 19.3. The first kappa shape index (κ1) is 28.8. The molecule has 0 unspecified atom stereocenters. The summed E-state index contributed by atoms with van der Waals surface area (Å²) in [6.45, 7) is 1.42. The lowest BCUT2D eigenvalue weighted by Gasteiger charge is -2.35. The number of carbonyl (C=O) groups excluding carboxylic acids is 2. The molecule has 0 aromatic carbocycles. The zero-order valence-corrected chi connectivity index (χ0v) is 21.7. The third-order valence-electron chi connectivity index (χ3n) is 8.09. The van der Waals surface area contributed by atoms with Crippen LogP contribution in [0.5, 0.6) is 0 Å². The molecule has 2 aromatic rings. The van der Waals surface area contributed by atoms with Crippen LogP contribution < -0.4 is 15.4 Å². The van der Waals surface area contributed by atoms with Crippen LogP contribution >= 0.6 is 0 Å². The minimum absolute atomic E-state index is 0.0286. The average Bonchev–Trinajstić information content (AvgIpc) is 3.54. The number of H-pyrrole nitrogens is 1. The molecule has 41 heavy (non-hydrogen) atoms. The smallest absolute Gasteiger partial charge is 0.366 e. The molecule has 10 nitrogen and oxygen atoms in total. The number of hydrogen-bond donors (Lipinski definition) is 1. The van der Waals surface area contributed by atoms with Gasteiger partial charge in [0.15, 0.2) is 0 Å². The minimum Gasteiger partial charge on any atom is -0.366 e. The Morgan fingerprint density at radius 1 is 0.902 bits per heavy atom. The third kappa shape index (κ3) is 5.86. The SMILES string of the molecule is O=C1[C@@H](CC(=O)N2CCN(c3ncc(C(F)(F)F)cn3)CC2)CC[C@@H]1[C@@H]1CCCN1c1cn[nH]c(=O)c1C(F)(F)F. The number of nitrogens with zero attached hydrogens (tertiary/aromatic N) is 6. The summed E-state index contributed by atoms with van der Waals surface area (Å²) in [5, 5.41) is 5.39. The molecule has 0 radical (unpaired) electrons. The number of carbonyl (C=O) groups is 2. The van der Waals surface area contributed by atoms with Gasteiger partial charge in [0.2, 0.25) is 11.9 Å². The number of amides is 1. The Morgan fingerprint density at radius 3 is 2.22 bits per heavy atom. The van der Waals surface area contributed by atoms with Gasteiger partial charge in [-0.3, -0.25) is 14.4 Å². The number of aromatic amines is 1. The van der Waals surface area contributed by atoms with Gasteiger partial charge in [-0.25, -0.2) is 15.1 Å². The molecule has 16 heteroatoms. The molecule has 0 spiro atoms. The molecule has 2 aliphatic heterocycles. The van der Waals surface area contributed by atoms with E-state index in [1.807, 2.05) is 5.10 Å². The third-order valence-corrected chi connectivity index (χ3v) is 8.09. The van der Waals surface area contributed by atoms with Gasteiger partial charge < -0.3 is 14.7 Å². The normalized spacial score (nSPS) is 23.9. The van der Waals surface area contributed by atoms with Crippen molar-refractivity contribution < 1.29 is 35.9 Å². The zero-order valence-electron chi connectivity index (χ0n) is 21.7. The molecule has 1 amide bonds. The molecule has 3 atom stereocenters. The van der Waals surface area contributed by atoms with E-state index >= 15 is 0 Å². The molecule has 3 aliphatic rings. The molecular weight excluding hydrogens is 560 g/mol. The number of rotatable bonds is 5. The van der Waals surface area contributed by atoms with E-state index in [2.05, 4.69) is 15.1 Å². The van der Waals surface area contributed by atoms with Crippen molar-refractivity contribution in [3.05, 3.63) is 40.1 Å². The lowest BCUT2D eigenvalue weighted by molar-refractivity contribution is -0.139. The molecule has 1 saturated carbocycles. The fraction of sp³-hybridized carbons (Fsp3) is 0.600. The van der Waals surface area contributed by atoms with Crippen molar-refractivity contribution in [3.63, 3.8) is 0 Å². The van der Waals surface area contributed by atoms with Crippen molar-refractivity contribution in [3.8, 4) is 0 Å². The second kappa shape index (κ2) is 10.9. The lowest BCUT2D eigenvalue weighted by Crippen LogP contribution is -2.49. The van der Waals surface area contributed by atoms with Gasteiger partial charge in [-0.2, -0.15) is 31.4 Å². The van der Waals surface area contributed by atoms with Crippen molar-refractivity contribution in [1.82, 2.24) is 25.1 Å². The van der Waals surface area contributed by atoms with Gasteiger partial charge in [-0.15, -0.1) is 0 Å². The fourth-order valence-electron chi connectivity index (χ4n) is 6.07. The van der Waals surface area contributed by atoms with Crippen molar-refractivity contribution in [2.75, 3.05) is 42.5 Å². The maximum Gasteiger partial charge on any atom is 0.423 e. The molecule has 1 N–H and O–H groups in total. The summed E-state index contributed by atoms with van der Waals surface area (Å²) < 4.78 is 79.3. The van der Waals surface area contributed by atoms with Gasteiger partial charge in [0.25, 0.3) is 5.56 Å². The second-order valence-corrected chi connectivity index (χ2v) is 10.5. The summed E-state index contributed by atoms with van der Waals surface area (Å²) in [5.74, 6) is -1.41. The highest BCUT2D eigenvalue weighted by molar-refractivity contribution is 5.91. The molecule has 1 aliphatic carbocycles. The Morgan fingerprint density at radius 2 is 1.59 bits per heavy atom. The first-order valence-corrected chi connectivity index (χ1v) is 13.2. The molecule has 5 rings (SSSR count). The average molecular weight is 588 g/mol. The topological polar surface area (TPSA) is 115 Å². The van der Waals surface area contributed by atoms with E-state index in [-0.39, 0.29) is 49.4 Å². The Balaban J connectivity index is 1.19. The number of piperazine rings is 1. The van der Waals surface area contributed by atoms with Crippen LogP contribution in [0.3, 0.4) is 0 Å². The van der Waals surface area contributed by atoms with Crippen LogP contribution in [0.1, 0.15) is 43.2 Å². The summed E-state index contributed by atoms with van der Waals surface area (Å²) in [6, 6.07) is -0.528. The number of anilines is 2. The van der Waals surface area contributed by atoms with E-state index < -0.39 is 46.9 Å². The number of ketones is 1. The maximum atomic E-state index is 13.7. The van der Waals surface area contributed by atoms with Crippen LogP contribution in [0.4, 0.5) is 38.0 Å². The van der Waals surface area contributed by atoms with Crippen molar-refractivity contribution in [1.29, 1.82) is 0 Å². The largest absolute Gasteiger partial charge is 0.423 e. The van der Waals surface area contributed by atoms with E-state index in [0.717, 1.165) is 6.20 Å². The van der Waals surface area contributed by atoms with Crippen LogP contribution in [0.2, 0.25) is 0 Å². The molecule has 2 aromatic heterocycles. The highest BCUT2D eigenvalue weighted by Crippen LogP contribution is 2.42. The predicted octanol–water partition coefficient (Wildman–Crippen LogP) is 2.90. The predicted molar refractivity (Wildman–Crippen MR) is 132 cm³/mol. The second-order valence-electron chi connectivity index (χ2n) is 10.5. The lowest BCUT2D eigenvalue weighted by atomic mass is 9.91. The van der Waals surface area contributed by atoms with Crippen molar-refractivity contribution >= 4 is 23.3 Å². The van der Waals surface area contributed by atoms with E-state index in [9.17, 15) is 40.7 Å². The molecule has 222 valence electrons. The van der Waals surface area contributed by atoms with Gasteiger partial charge in [0.1, 0.15) is 11.3 Å². The summed E-state index contributed by atoms with van der Waals surface area (Å²) in [5.41, 5.74) is -3.97. The number of Topliss-reactive ketones (excluding diaryl/α,β-unsaturated/α-hetero) is 1. The summed E-state index contributed by atoms with van der Waals surface area (Å²) >= 11 is 0. The van der Waals surface area contributed by atoms with Gasteiger partial charge in [0.05, 0.1) is 17.4 Å². The fourth-order valence-corrected chi connectivity index (χ4v) is 6.07. The Hall–Kier alpha value is -3.72. The Bertz CT molecular complexity index is 1340. The summed E-state index contributed by atoms with van der Waals surface area (Å²) in [6.07, 6.45) is -5.18. The van der Waals surface area contributed by atoms with Crippen LogP contribution in [0.15, 0.2) is 23.4 Å². The number of hydrogen-bond acceptors (Lipinski definition) is 8. The van der Waals surface area contributed by atoms with Crippen LogP contribution in [-0.2, 0) is 21.9 Å². The van der Waals surface area contributed by atoms with Crippen LogP contribution in [0, 0.1) is 11.8 Å². The van der Waals surface area contributed by atoms with Crippen LogP contribution in [-0.4, -0.2) is 75.5 Å².